The molecule has 0 aliphatic carbocycles. The molecule has 0 unspecified atom stereocenters. The Morgan fingerprint density at radius 2 is 2.05 bits per heavy atom. The maximum absolute atomic E-state index is 11.6. The second kappa shape index (κ2) is 5.61. The van der Waals surface area contributed by atoms with Gasteiger partial charge < -0.3 is 10.1 Å². The molecule has 1 saturated heterocycles. The van der Waals surface area contributed by atoms with Crippen LogP contribution in [0, 0.1) is 5.41 Å². The van der Waals surface area contributed by atoms with Crippen LogP contribution >= 0.6 is 0 Å². The van der Waals surface area contributed by atoms with Crippen LogP contribution in [0.1, 0.15) is 30.9 Å². The molecule has 1 N–H and O–H groups in total. The second-order valence-corrected chi connectivity index (χ2v) is 8.88. The molecule has 0 spiro atoms. The van der Waals surface area contributed by atoms with E-state index in [2.05, 4.69) is 18.3 Å². The monoisotopic (exact) mass is 309 g/mol. The molecule has 2 aliphatic heterocycles. The fraction of sp³-hybridized carbons (Fsp3) is 0.625. The summed E-state index contributed by atoms with van der Waals surface area (Å²) in [4.78, 5) is 0. The number of rotatable bonds is 3. The lowest BCUT2D eigenvalue weighted by atomic mass is 9.85. The molecule has 5 heteroatoms. The second-order valence-electron chi connectivity index (χ2n) is 6.57. The predicted octanol–water partition coefficient (Wildman–Crippen LogP) is 1.93. The molecule has 21 heavy (non-hydrogen) atoms. The number of hydrogen-bond donors (Lipinski definition) is 1. The average Bonchev–Trinajstić information content (AvgIpc) is 2.49. The summed E-state index contributed by atoms with van der Waals surface area (Å²) >= 11 is 0. The van der Waals surface area contributed by atoms with Gasteiger partial charge in [0, 0.05) is 12.0 Å². The number of ether oxygens (including phenoxy) is 1. The van der Waals surface area contributed by atoms with Crippen LogP contribution in [0.3, 0.4) is 0 Å². The molecule has 0 atom stereocenters. The Morgan fingerprint density at radius 3 is 2.81 bits per heavy atom. The number of hydrogen-bond acceptors (Lipinski definition) is 4. The minimum Gasteiger partial charge on any atom is -0.493 e. The molecule has 1 aromatic carbocycles. The third-order valence-corrected chi connectivity index (χ3v) is 6.36. The highest BCUT2D eigenvalue weighted by Gasteiger charge is 2.34. The molecule has 1 fully saturated rings. The van der Waals surface area contributed by atoms with Crippen LogP contribution in [-0.4, -0.2) is 33.1 Å². The van der Waals surface area contributed by atoms with E-state index < -0.39 is 9.84 Å². The first kappa shape index (κ1) is 14.9. The van der Waals surface area contributed by atoms with Crippen LogP contribution in [0.2, 0.25) is 0 Å². The molecule has 0 radical (unpaired) electrons. The van der Waals surface area contributed by atoms with Crippen molar-refractivity contribution in [2.75, 3.05) is 24.7 Å². The van der Waals surface area contributed by atoms with E-state index in [-0.39, 0.29) is 5.41 Å². The standard InChI is InChI=1S/C16H23NO3S/c1-16(6-9-21(18,19)10-7-16)12-20-15-4-2-3-13-11-17-8-5-14(13)15/h2-4,17H,5-12H2,1H3. The van der Waals surface area contributed by atoms with Crippen molar-refractivity contribution in [1.29, 1.82) is 0 Å². The van der Waals surface area contributed by atoms with Gasteiger partial charge in [0.1, 0.15) is 15.6 Å². The molecular weight excluding hydrogens is 286 g/mol. The third kappa shape index (κ3) is 3.40. The highest BCUT2D eigenvalue weighted by molar-refractivity contribution is 7.91. The Hall–Kier alpha value is -1.07. The van der Waals surface area contributed by atoms with Crippen LogP contribution in [0.25, 0.3) is 0 Å². The van der Waals surface area contributed by atoms with Crippen LogP contribution in [0.4, 0.5) is 0 Å². The zero-order valence-corrected chi connectivity index (χ0v) is 13.3. The Balaban J connectivity index is 1.68. The van der Waals surface area contributed by atoms with Gasteiger partial charge >= 0.3 is 0 Å². The van der Waals surface area contributed by atoms with E-state index in [1.807, 2.05) is 12.1 Å². The van der Waals surface area contributed by atoms with E-state index in [1.54, 1.807) is 0 Å². The van der Waals surface area contributed by atoms with Gasteiger partial charge in [0.25, 0.3) is 0 Å². The third-order valence-electron chi connectivity index (χ3n) is 4.71. The minimum atomic E-state index is -2.81. The molecule has 0 saturated carbocycles. The molecule has 0 bridgehead atoms. The van der Waals surface area contributed by atoms with Gasteiger partial charge in [-0.15, -0.1) is 0 Å². The number of sulfone groups is 1. The van der Waals surface area contributed by atoms with Gasteiger partial charge in [-0.25, -0.2) is 8.42 Å². The van der Waals surface area contributed by atoms with E-state index >= 15 is 0 Å². The summed E-state index contributed by atoms with van der Waals surface area (Å²) < 4.78 is 29.2. The summed E-state index contributed by atoms with van der Waals surface area (Å²) in [5.41, 5.74) is 2.60. The van der Waals surface area contributed by atoms with Gasteiger partial charge in [0.05, 0.1) is 18.1 Å². The quantitative estimate of drug-likeness (QED) is 0.927. The van der Waals surface area contributed by atoms with Crippen molar-refractivity contribution in [3.05, 3.63) is 29.3 Å². The van der Waals surface area contributed by atoms with Gasteiger partial charge in [0.15, 0.2) is 0 Å². The topological polar surface area (TPSA) is 55.4 Å². The molecule has 3 rings (SSSR count). The van der Waals surface area contributed by atoms with Crippen molar-refractivity contribution in [3.63, 3.8) is 0 Å². The molecular formula is C16H23NO3S. The largest absolute Gasteiger partial charge is 0.493 e. The SMILES string of the molecule is CC1(COc2cccc3c2CCNC3)CCS(=O)(=O)CC1. The maximum atomic E-state index is 11.6. The molecule has 0 amide bonds. The van der Waals surface area contributed by atoms with Crippen LogP contribution < -0.4 is 10.1 Å². The van der Waals surface area contributed by atoms with Crippen molar-refractivity contribution in [3.8, 4) is 5.75 Å². The first-order valence-electron chi connectivity index (χ1n) is 7.62. The van der Waals surface area contributed by atoms with Crippen molar-refractivity contribution >= 4 is 9.84 Å². The van der Waals surface area contributed by atoms with Crippen molar-refractivity contribution in [2.24, 2.45) is 5.41 Å². The van der Waals surface area contributed by atoms with E-state index in [1.165, 1.54) is 11.1 Å². The summed E-state index contributed by atoms with van der Waals surface area (Å²) in [6, 6.07) is 6.21. The summed E-state index contributed by atoms with van der Waals surface area (Å²) in [6.45, 7) is 4.63. The highest BCUT2D eigenvalue weighted by atomic mass is 32.2. The van der Waals surface area contributed by atoms with Gasteiger partial charge in [0.2, 0.25) is 0 Å². The van der Waals surface area contributed by atoms with E-state index in [0.29, 0.717) is 31.0 Å². The fourth-order valence-electron chi connectivity index (χ4n) is 3.06. The van der Waals surface area contributed by atoms with Crippen LogP contribution in [0.5, 0.6) is 5.75 Å². The van der Waals surface area contributed by atoms with Crippen LogP contribution in [0.15, 0.2) is 18.2 Å². The zero-order valence-electron chi connectivity index (χ0n) is 12.5. The van der Waals surface area contributed by atoms with Gasteiger partial charge in [-0.3, -0.25) is 0 Å². The zero-order chi connectivity index (χ0) is 14.9. The normalized spacial score (nSPS) is 23.3. The van der Waals surface area contributed by atoms with Crippen molar-refractivity contribution in [1.82, 2.24) is 5.32 Å². The number of nitrogens with one attached hydrogen (secondary N) is 1. The number of benzene rings is 1. The summed E-state index contributed by atoms with van der Waals surface area (Å²) in [6.07, 6.45) is 2.40. The molecule has 2 heterocycles. The summed E-state index contributed by atoms with van der Waals surface area (Å²) in [5.74, 6) is 1.57. The summed E-state index contributed by atoms with van der Waals surface area (Å²) in [7, 11) is -2.81. The Labute approximate surface area is 126 Å². The lowest BCUT2D eigenvalue weighted by Crippen LogP contribution is -2.36. The van der Waals surface area contributed by atoms with Gasteiger partial charge in [-0.1, -0.05) is 19.1 Å². The van der Waals surface area contributed by atoms with E-state index in [0.717, 1.165) is 25.3 Å². The fourth-order valence-corrected chi connectivity index (χ4v) is 4.87. The summed E-state index contributed by atoms with van der Waals surface area (Å²) in [5, 5.41) is 3.37. The number of fused-ring (bicyclic) bond motifs is 1. The van der Waals surface area contributed by atoms with E-state index in [4.69, 9.17) is 4.74 Å². The molecule has 116 valence electrons. The lowest BCUT2D eigenvalue weighted by molar-refractivity contribution is 0.148. The lowest BCUT2D eigenvalue weighted by Gasteiger charge is -2.33. The van der Waals surface area contributed by atoms with Crippen LogP contribution in [-0.2, 0) is 22.8 Å². The van der Waals surface area contributed by atoms with Crippen molar-refractivity contribution < 1.29 is 13.2 Å². The molecule has 2 aliphatic rings. The Bertz CT molecular complexity index is 610. The molecule has 1 aromatic rings. The molecule has 0 aromatic heterocycles. The highest BCUT2D eigenvalue weighted by Crippen LogP contribution is 2.34. The Morgan fingerprint density at radius 1 is 1.29 bits per heavy atom. The first-order valence-corrected chi connectivity index (χ1v) is 9.44. The predicted molar refractivity (Wildman–Crippen MR) is 83.3 cm³/mol. The smallest absolute Gasteiger partial charge is 0.150 e. The van der Waals surface area contributed by atoms with Gasteiger partial charge in [-0.2, -0.15) is 0 Å². The average molecular weight is 309 g/mol. The van der Waals surface area contributed by atoms with E-state index in [9.17, 15) is 8.42 Å². The van der Waals surface area contributed by atoms with Crippen molar-refractivity contribution in [2.45, 2.75) is 32.7 Å². The first-order chi connectivity index (χ1) is 9.98. The molecule has 4 nitrogen and oxygen atoms in total. The minimum absolute atomic E-state index is 0.0268. The Kier molecular flexibility index (Phi) is 3.97. The maximum Gasteiger partial charge on any atom is 0.150 e. The van der Waals surface area contributed by atoms with Gasteiger partial charge in [-0.05, 0) is 43.0 Å².